The van der Waals surface area contributed by atoms with Crippen molar-refractivity contribution in [1.82, 2.24) is 0 Å². The summed E-state index contributed by atoms with van der Waals surface area (Å²) in [7, 11) is 0. The molecule has 0 aromatic heterocycles. The third kappa shape index (κ3) is 4.55. The van der Waals surface area contributed by atoms with E-state index in [1.165, 1.54) is 0 Å². The van der Waals surface area contributed by atoms with Crippen LogP contribution in [0.15, 0.2) is 60.7 Å². The normalized spacial score (nSPS) is 11.7. The molecule has 0 bridgehead atoms. The molecule has 2 aromatic rings. The lowest BCUT2D eigenvalue weighted by Crippen LogP contribution is -2.23. The maximum atomic E-state index is 12.3. The summed E-state index contributed by atoms with van der Waals surface area (Å²) >= 11 is 0. The highest BCUT2D eigenvalue weighted by atomic mass is 16.5. The number of carbonyl (C=O) groups excluding carboxylic acids is 2. The Labute approximate surface area is 130 Å². The molecule has 0 saturated carbocycles. The van der Waals surface area contributed by atoms with Gasteiger partial charge in [0.05, 0.1) is 12.5 Å². The zero-order valence-electron chi connectivity index (χ0n) is 12.7. The zero-order valence-corrected chi connectivity index (χ0v) is 12.7. The van der Waals surface area contributed by atoms with Crippen molar-refractivity contribution >= 4 is 11.8 Å². The Morgan fingerprint density at radius 3 is 2.14 bits per heavy atom. The smallest absolute Gasteiger partial charge is 0.309 e. The molecule has 2 aromatic carbocycles. The van der Waals surface area contributed by atoms with E-state index in [9.17, 15) is 9.59 Å². The summed E-state index contributed by atoms with van der Waals surface area (Å²) in [5, 5.41) is 0. The molecule has 0 aliphatic rings. The quantitative estimate of drug-likeness (QED) is 0.578. The van der Waals surface area contributed by atoms with E-state index in [4.69, 9.17) is 4.74 Å². The topological polar surface area (TPSA) is 43.4 Å². The minimum Gasteiger partial charge on any atom is -0.466 e. The Morgan fingerprint density at radius 2 is 1.55 bits per heavy atom. The summed E-state index contributed by atoms with van der Waals surface area (Å²) in [4.78, 5) is 24.5. The van der Waals surface area contributed by atoms with Gasteiger partial charge in [0.1, 0.15) is 0 Å². The fourth-order valence-electron chi connectivity index (χ4n) is 2.36. The van der Waals surface area contributed by atoms with Gasteiger partial charge in [0, 0.05) is 12.0 Å². The number of carbonyl (C=O) groups is 2. The van der Waals surface area contributed by atoms with Crippen molar-refractivity contribution < 1.29 is 14.3 Å². The predicted octanol–water partition coefficient (Wildman–Crippen LogP) is 3.68. The van der Waals surface area contributed by atoms with Gasteiger partial charge in [-0.3, -0.25) is 9.59 Å². The summed E-state index contributed by atoms with van der Waals surface area (Å²) in [6.07, 6.45) is 0.677. The van der Waals surface area contributed by atoms with E-state index < -0.39 is 5.92 Å². The van der Waals surface area contributed by atoms with Gasteiger partial charge >= 0.3 is 5.97 Å². The minimum atomic E-state index is -0.449. The standard InChI is InChI=1S/C19H20O3/c1-2-22-19(21)17(13-15-9-5-3-6-10-15)14-18(20)16-11-7-4-8-12-16/h3-12,17H,2,13-14H2,1H3. The van der Waals surface area contributed by atoms with Crippen molar-refractivity contribution in [1.29, 1.82) is 0 Å². The van der Waals surface area contributed by atoms with Gasteiger partial charge in [-0.2, -0.15) is 0 Å². The molecule has 0 radical (unpaired) electrons. The predicted molar refractivity (Wildman–Crippen MR) is 85.7 cm³/mol. The van der Waals surface area contributed by atoms with Crippen LogP contribution < -0.4 is 0 Å². The maximum Gasteiger partial charge on any atom is 0.309 e. The van der Waals surface area contributed by atoms with Crippen molar-refractivity contribution in [2.24, 2.45) is 5.92 Å². The summed E-state index contributed by atoms with van der Waals surface area (Å²) in [6.45, 7) is 2.10. The number of hydrogen-bond acceptors (Lipinski definition) is 3. The molecule has 22 heavy (non-hydrogen) atoms. The van der Waals surface area contributed by atoms with Gasteiger partial charge in [0.2, 0.25) is 0 Å². The highest BCUT2D eigenvalue weighted by Gasteiger charge is 2.24. The molecule has 3 heteroatoms. The molecule has 3 nitrogen and oxygen atoms in total. The summed E-state index contributed by atoms with van der Waals surface area (Å²) < 4.78 is 5.12. The first-order valence-electron chi connectivity index (χ1n) is 7.49. The van der Waals surface area contributed by atoms with Crippen molar-refractivity contribution in [2.75, 3.05) is 6.61 Å². The number of benzene rings is 2. The van der Waals surface area contributed by atoms with E-state index in [0.29, 0.717) is 18.6 Å². The van der Waals surface area contributed by atoms with Crippen LogP contribution >= 0.6 is 0 Å². The highest BCUT2D eigenvalue weighted by Crippen LogP contribution is 2.17. The molecule has 114 valence electrons. The van der Waals surface area contributed by atoms with Crippen molar-refractivity contribution in [3.63, 3.8) is 0 Å². The van der Waals surface area contributed by atoms with Gasteiger partial charge in [0.25, 0.3) is 0 Å². The molecule has 0 N–H and O–H groups in total. The van der Waals surface area contributed by atoms with Crippen molar-refractivity contribution in [2.45, 2.75) is 19.8 Å². The van der Waals surface area contributed by atoms with Gasteiger partial charge < -0.3 is 4.74 Å². The number of hydrogen-bond donors (Lipinski definition) is 0. The van der Waals surface area contributed by atoms with Crippen LogP contribution in [0.5, 0.6) is 0 Å². The Bertz CT molecular complexity index is 605. The molecule has 0 aliphatic heterocycles. The second kappa shape index (κ2) is 8.13. The Morgan fingerprint density at radius 1 is 0.955 bits per heavy atom. The summed E-state index contributed by atoms with van der Waals surface area (Å²) in [5.41, 5.74) is 1.66. The molecule has 0 heterocycles. The van der Waals surface area contributed by atoms with Gasteiger partial charge in [-0.15, -0.1) is 0 Å². The number of ether oxygens (including phenoxy) is 1. The van der Waals surface area contributed by atoms with Crippen LogP contribution in [0.2, 0.25) is 0 Å². The Balaban J connectivity index is 2.11. The molecule has 2 rings (SSSR count). The van der Waals surface area contributed by atoms with E-state index in [2.05, 4.69) is 0 Å². The second-order valence-corrected chi connectivity index (χ2v) is 5.13. The SMILES string of the molecule is CCOC(=O)C(CC(=O)c1ccccc1)Cc1ccccc1. The summed E-state index contributed by atoms with van der Waals surface area (Å²) in [6, 6.07) is 18.8. The van der Waals surface area contributed by atoms with Gasteiger partial charge in [-0.1, -0.05) is 60.7 Å². The van der Waals surface area contributed by atoms with E-state index in [0.717, 1.165) is 5.56 Å². The van der Waals surface area contributed by atoms with Crippen LogP contribution in [0, 0.1) is 5.92 Å². The lowest BCUT2D eigenvalue weighted by molar-refractivity contribution is -0.147. The molecule has 0 amide bonds. The molecule has 0 fully saturated rings. The second-order valence-electron chi connectivity index (χ2n) is 5.13. The van der Waals surface area contributed by atoms with E-state index in [-0.39, 0.29) is 18.2 Å². The molecular formula is C19H20O3. The molecular weight excluding hydrogens is 276 g/mol. The van der Waals surface area contributed by atoms with Crippen LogP contribution in [0.1, 0.15) is 29.3 Å². The summed E-state index contributed by atoms with van der Waals surface area (Å²) in [5.74, 6) is -0.791. The fraction of sp³-hybridized carbons (Fsp3) is 0.263. The van der Waals surface area contributed by atoms with E-state index in [1.54, 1.807) is 19.1 Å². The number of ketones is 1. The first-order valence-corrected chi connectivity index (χ1v) is 7.49. The largest absolute Gasteiger partial charge is 0.466 e. The minimum absolute atomic E-state index is 0.0328. The number of rotatable bonds is 7. The Hall–Kier alpha value is -2.42. The average Bonchev–Trinajstić information content (AvgIpc) is 2.56. The first-order chi connectivity index (χ1) is 10.7. The van der Waals surface area contributed by atoms with Gasteiger partial charge in [-0.25, -0.2) is 0 Å². The van der Waals surface area contributed by atoms with Gasteiger partial charge in [0.15, 0.2) is 5.78 Å². The third-order valence-electron chi connectivity index (χ3n) is 3.47. The molecule has 1 unspecified atom stereocenters. The van der Waals surface area contributed by atoms with E-state index in [1.807, 2.05) is 48.5 Å². The fourth-order valence-corrected chi connectivity index (χ4v) is 2.36. The van der Waals surface area contributed by atoms with Crippen molar-refractivity contribution in [3.8, 4) is 0 Å². The van der Waals surface area contributed by atoms with Crippen LogP contribution in [-0.2, 0) is 16.0 Å². The molecule has 0 spiro atoms. The van der Waals surface area contributed by atoms with Crippen LogP contribution in [-0.4, -0.2) is 18.4 Å². The Kier molecular flexibility index (Phi) is 5.90. The monoisotopic (exact) mass is 296 g/mol. The highest BCUT2D eigenvalue weighted by molar-refractivity contribution is 5.98. The number of esters is 1. The first kappa shape index (κ1) is 16.0. The van der Waals surface area contributed by atoms with Crippen LogP contribution in [0.3, 0.4) is 0 Å². The maximum absolute atomic E-state index is 12.3. The van der Waals surface area contributed by atoms with Crippen molar-refractivity contribution in [3.05, 3.63) is 71.8 Å². The van der Waals surface area contributed by atoms with Crippen LogP contribution in [0.25, 0.3) is 0 Å². The molecule has 1 atom stereocenters. The van der Waals surface area contributed by atoms with E-state index >= 15 is 0 Å². The average molecular weight is 296 g/mol. The lowest BCUT2D eigenvalue weighted by Gasteiger charge is -2.15. The zero-order chi connectivity index (χ0) is 15.8. The van der Waals surface area contributed by atoms with Gasteiger partial charge in [-0.05, 0) is 18.9 Å². The van der Waals surface area contributed by atoms with Crippen LogP contribution in [0.4, 0.5) is 0 Å². The molecule has 0 aliphatic carbocycles. The molecule has 0 saturated heterocycles. The number of Topliss-reactive ketones (excluding diaryl/α,β-unsaturated/α-hetero) is 1. The lowest BCUT2D eigenvalue weighted by atomic mass is 9.92. The third-order valence-corrected chi connectivity index (χ3v) is 3.47.